The van der Waals surface area contributed by atoms with Crippen LogP contribution in [0.3, 0.4) is 0 Å². The van der Waals surface area contributed by atoms with Gasteiger partial charge in [0.1, 0.15) is 11.8 Å². The monoisotopic (exact) mass is 339 g/mol. The third-order valence-electron chi connectivity index (χ3n) is 4.95. The third kappa shape index (κ3) is 2.22. The van der Waals surface area contributed by atoms with Crippen molar-refractivity contribution in [1.82, 2.24) is 5.32 Å². The van der Waals surface area contributed by atoms with Crippen molar-refractivity contribution < 1.29 is 9.59 Å². The molecular weight excluding hydrogens is 326 g/mol. The third-order valence-corrected chi connectivity index (χ3v) is 4.95. The van der Waals surface area contributed by atoms with Crippen LogP contribution in [-0.4, -0.2) is 11.8 Å². The standard InChI is InChI=1S/C21H13N3O2/c22-10-16-19(17(11-23)21(26)24-20(16)25)18-14-7-3-1-5-12(14)9-13-6-2-4-8-15(13)18/h1-9,16-17,19H,(H,24,25,26). The van der Waals surface area contributed by atoms with Crippen LogP contribution in [-0.2, 0) is 9.59 Å². The first-order valence-electron chi connectivity index (χ1n) is 8.20. The number of benzene rings is 3. The lowest BCUT2D eigenvalue weighted by Crippen LogP contribution is -2.49. The van der Waals surface area contributed by atoms with E-state index in [1.54, 1.807) is 0 Å². The topological polar surface area (TPSA) is 93.8 Å². The highest BCUT2D eigenvalue weighted by Crippen LogP contribution is 2.42. The summed E-state index contributed by atoms with van der Waals surface area (Å²) in [5.41, 5.74) is 0.708. The van der Waals surface area contributed by atoms with E-state index >= 15 is 0 Å². The average Bonchev–Trinajstić information content (AvgIpc) is 2.65. The van der Waals surface area contributed by atoms with Gasteiger partial charge in [-0.05, 0) is 33.2 Å². The maximum Gasteiger partial charge on any atom is 0.244 e. The molecule has 0 saturated carbocycles. The van der Waals surface area contributed by atoms with Gasteiger partial charge in [-0.3, -0.25) is 14.9 Å². The lowest BCUT2D eigenvalue weighted by atomic mass is 9.72. The number of hydrogen-bond acceptors (Lipinski definition) is 4. The summed E-state index contributed by atoms with van der Waals surface area (Å²) in [4.78, 5) is 24.6. The molecule has 2 amide bonds. The molecule has 1 fully saturated rings. The zero-order valence-corrected chi connectivity index (χ0v) is 13.6. The van der Waals surface area contributed by atoms with Crippen LogP contribution in [0.4, 0.5) is 0 Å². The van der Waals surface area contributed by atoms with Crippen LogP contribution in [0.5, 0.6) is 0 Å². The molecule has 2 unspecified atom stereocenters. The molecule has 0 bridgehead atoms. The number of hydrogen-bond donors (Lipinski definition) is 1. The van der Waals surface area contributed by atoms with Crippen LogP contribution in [0.1, 0.15) is 11.5 Å². The molecule has 4 rings (SSSR count). The van der Waals surface area contributed by atoms with E-state index in [1.807, 2.05) is 66.7 Å². The number of carbonyl (C=O) groups is 2. The molecule has 5 heteroatoms. The number of amides is 2. The molecule has 5 nitrogen and oxygen atoms in total. The summed E-state index contributed by atoms with van der Waals surface area (Å²) in [5, 5.41) is 24.9. The van der Waals surface area contributed by atoms with Crippen molar-refractivity contribution in [3.05, 3.63) is 60.2 Å². The Labute approximate surface area is 149 Å². The van der Waals surface area contributed by atoms with Crippen molar-refractivity contribution in [3.8, 4) is 12.1 Å². The largest absolute Gasteiger partial charge is 0.294 e. The number of piperidine rings is 1. The van der Waals surface area contributed by atoms with E-state index < -0.39 is 29.6 Å². The second-order valence-corrected chi connectivity index (χ2v) is 6.33. The minimum atomic E-state index is -1.11. The molecule has 1 aliphatic rings. The zero-order chi connectivity index (χ0) is 18.3. The highest BCUT2D eigenvalue weighted by Gasteiger charge is 2.46. The first-order valence-corrected chi connectivity index (χ1v) is 8.20. The highest BCUT2D eigenvalue weighted by molar-refractivity contribution is 6.07. The van der Waals surface area contributed by atoms with Gasteiger partial charge in [0.25, 0.3) is 0 Å². The summed E-state index contributed by atoms with van der Waals surface area (Å²) in [6.45, 7) is 0. The molecule has 3 aromatic carbocycles. The van der Waals surface area contributed by atoms with E-state index in [1.165, 1.54) is 0 Å². The number of rotatable bonds is 1. The Hall–Kier alpha value is -3.70. The molecule has 3 aromatic rings. The van der Waals surface area contributed by atoms with E-state index in [-0.39, 0.29) is 0 Å². The number of imide groups is 1. The van der Waals surface area contributed by atoms with Gasteiger partial charge in [0.05, 0.1) is 12.1 Å². The number of nitrogens with zero attached hydrogens (tertiary/aromatic N) is 2. The number of fused-ring (bicyclic) bond motifs is 2. The molecule has 0 radical (unpaired) electrons. The maximum atomic E-state index is 12.3. The maximum absolute atomic E-state index is 12.3. The van der Waals surface area contributed by atoms with Gasteiger partial charge in [0, 0.05) is 5.92 Å². The van der Waals surface area contributed by atoms with Crippen molar-refractivity contribution in [3.63, 3.8) is 0 Å². The van der Waals surface area contributed by atoms with Gasteiger partial charge < -0.3 is 0 Å². The van der Waals surface area contributed by atoms with Gasteiger partial charge in [-0.1, -0.05) is 48.5 Å². The molecule has 124 valence electrons. The van der Waals surface area contributed by atoms with Crippen LogP contribution in [0.15, 0.2) is 54.6 Å². The smallest absolute Gasteiger partial charge is 0.244 e. The van der Waals surface area contributed by atoms with Crippen LogP contribution < -0.4 is 5.32 Å². The first kappa shape index (κ1) is 15.8. The normalized spacial score (nSPS) is 22.6. The Morgan fingerprint density at radius 3 is 1.69 bits per heavy atom. The van der Waals surface area contributed by atoms with Gasteiger partial charge in [0.15, 0.2) is 0 Å². The summed E-state index contributed by atoms with van der Waals surface area (Å²) in [5.74, 6) is -4.32. The summed E-state index contributed by atoms with van der Waals surface area (Å²) >= 11 is 0. The van der Waals surface area contributed by atoms with E-state index in [9.17, 15) is 20.1 Å². The zero-order valence-electron chi connectivity index (χ0n) is 13.6. The minimum absolute atomic E-state index is 0.647. The summed E-state index contributed by atoms with van der Waals surface area (Å²) in [7, 11) is 0. The SMILES string of the molecule is N#CC1C(=O)NC(=O)C(C#N)C1c1c2ccccc2cc2ccccc12. The highest BCUT2D eigenvalue weighted by atomic mass is 16.2. The van der Waals surface area contributed by atoms with Crippen LogP contribution in [0.25, 0.3) is 21.5 Å². The van der Waals surface area contributed by atoms with Crippen molar-refractivity contribution in [2.75, 3.05) is 0 Å². The molecule has 0 aliphatic carbocycles. The van der Waals surface area contributed by atoms with Crippen molar-refractivity contribution in [2.45, 2.75) is 5.92 Å². The number of carbonyl (C=O) groups excluding carboxylic acids is 2. The molecular formula is C21H13N3O2. The molecule has 1 heterocycles. The second kappa shape index (κ2) is 5.98. The molecule has 1 aliphatic heterocycles. The summed E-state index contributed by atoms with van der Waals surface area (Å²) in [6, 6.07) is 21.3. The first-order chi connectivity index (χ1) is 12.7. The molecule has 2 atom stereocenters. The van der Waals surface area contributed by atoms with Crippen LogP contribution in [0, 0.1) is 34.5 Å². The van der Waals surface area contributed by atoms with Gasteiger partial charge in [-0.15, -0.1) is 0 Å². The average molecular weight is 339 g/mol. The molecule has 1 N–H and O–H groups in total. The van der Waals surface area contributed by atoms with Crippen LogP contribution in [0.2, 0.25) is 0 Å². The molecule has 1 saturated heterocycles. The Bertz CT molecular complexity index is 1070. The van der Waals surface area contributed by atoms with E-state index in [2.05, 4.69) is 5.32 Å². The van der Waals surface area contributed by atoms with E-state index in [4.69, 9.17) is 0 Å². The molecule has 0 spiro atoms. The van der Waals surface area contributed by atoms with E-state index in [0.717, 1.165) is 21.5 Å². The van der Waals surface area contributed by atoms with Crippen LogP contribution >= 0.6 is 0 Å². The number of nitrogens with one attached hydrogen (secondary N) is 1. The molecule has 26 heavy (non-hydrogen) atoms. The second-order valence-electron chi connectivity index (χ2n) is 6.33. The Kier molecular flexibility index (Phi) is 3.64. The van der Waals surface area contributed by atoms with Gasteiger partial charge in [-0.25, -0.2) is 0 Å². The fourth-order valence-electron chi connectivity index (χ4n) is 3.81. The van der Waals surface area contributed by atoms with Gasteiger partial charge in [-0.2, -0.15) is 10.5 Å². The lowest BCUT2D eigenvalue weighted by molar-refractivity contribution is -0.137. The van der Waals surface area contributed by atoms with E-state index in [0.29, 0.717) is 5.56 Å². The Morgan fingerprint density at radius 2 is 1.23 bits per heavy atom. The fraction of sp³-hybridized carbons (Fsp3) is 0.143. The Balaban J connectivity index is 2.13. The predicted molar refractivity (Wildman–Crippen MR) is 95.6 cm³/mol. The minimum Gasteiger partial charge on any atom is -0.294 e. The Morgan fingerprint density at radius 1 is 0.769 bits per heavy atom. The summed E-state index contributed by atoms with van der Waals surface area (Å²) < 4.78 is 0. The van der Waals surface area contributed by atoms with Gasteiger partial charge in [0.2, 0.25) is 11.8 Å². The quantitative estimate of drug-likeness (QED) is 0.545. The predicted octanol–water partition coefficient (Wildman–Crippen LogP) is 3.01. The van der Waals surface area contributed by atoms with Crippen molar-refractivity contribution in [1.29, 1.82) is 10.5 Å². The summed E-state index contributed by atoms with van der Waals surface area (Å²) in [6.07, 6.45) is 0. The molecule has 0 aromatic heterocycles. The fourth-order valence-corrected chi connectivity index (χ4v) is 3.81. The van der Waals surface area contributed by atoms with Gasteiger partial charge >= 0.3 is 0 Å². The lowest BCUT2D eigenvalue weighted by Gasteiger charge is -2.31. The van der Waals surface area contributed by atoms with Crippen molar-refractivity contribution in [2.24, 2.45) is 11.8 Å². The van der Waals surface area contributed by atoms with Crippen molar-refractivity contribution >= 4 is 33.4 Å². The number of nitriles is 2.